The third-order valence-corrected chi connectivity index (χ3v) is 8.24. The van der Waals surface area contributed by atoms with Gasteiger partial charge in [0.15, 0.2) is 0 Å². The molecule has 0 aromatic rings. The Bertz CT molecular complexity index is 558. The van der Waals surface area contributed by atoms with Gasteiger partial charge in [0.2, 0.25) is 11.6 Å². The van der Waals surface area contributed by atoms with Crippen molar-refractivity contribution < 1.29 is 20.1 Å². The number of nitro groups is 2. The topological polar surface area (TPSA) is 127 Å². The van der Waals surface area contributed by atoms with Crippen molar-refractivity contribution in [1.29, 1.82) is 0 Å². The summed E-state index contributed by atoms with van der Waals surface area (Å²) in [6.07, 6.45) is 28.9. The third-order valence-electron chi connectivity index (χ3n) is 8.24. The highest BCUT2D eigenvalue weighted by Gasteiger charge is 2.39. The van der Waals surface area contributed by atoms with E-state index in [2.05, 4.69) is 13.8 Å². The Morgan fingerprint density at radius 3 is 1.20 bits per heavy atom. The molecule has 8 heteroatoms. The van der Waals surface area contributed by atoms with Crippen molar-refractivity contribution in [2.45, 2.75) is 193 Å². The van der Waals surface area contributed by atoms with Crippen LogP contribution in [-0.2, 0) is 0 Å². The van der Waals surface area contributed by atoms with Crippen LogP contribution in [0.15, 0.2) is 0 Å². The summed E-state index contributed by atoms with van der Waals surface area (Å²) in [5.74, 6) is 0. The number of hydrogen-bond acceptors (Lipinski definition) is 6. The number of aliphatic hydroxyl groups excluding tert-OH is 2. The van der Waals surface area contributed by atoms with Crippen molar-refractivity contribution in [2.24, 2.45) is 0 Å². The number of aliphatic hydroxyl groups is 2. The van der Waals surface area contributed by atoms with Crippen LogP contribution in [0, 0.1) is 20.2 Å². The normalized spacial score (nSPS) is 13.3. The van der Waals surface area contributed by atoms with Gasteiger partial charge >= 0.3 is 0 Å². The van der Waals surface area contributed by atoms with Crippen LogP contribution in [0.1, 0.15) is 181 Å². The first-order valence-corrected chi connectivity index (χ1v) is 16.8. The van der Waals surface area contributed by atoms with Crippen LogP contribution >= 0.6 is 0 Å². The second-order valence-electron chi connectivity index (χ2n) is 11.7. The molecule has 0 aromatic heterocycles. The van der Waals surface area contributed by atoms with E-state index in [0.717, 1.165) is 25.7 Å². The molecule has 40 heavy (non-hydrogen) atoms. The van der Waals surface area contributed by atoms with Gasteiger partial charge in [-0.05, 0) is 12.8 Å². The zero-order valence-electron chi connectivity index (χ0n) is 26.6. The molecule has 0 aromatic carbocycles. The fraction of sp³-hybridized carbons (Fsp3) is 1.00. The molecule has 0 amide bonds. The van der Waals surface area contributed by atoms with Crippen molar-refractivity contribution in [2.75, 3.05) is 13.2 Å². The van der Waals surface area contributed by atoms with Crippen molar-refractivity contribution in [1.82, 2.24) is 0 Å². The monoisotopic (exact) mass is 574 g/mol. The zero-order chi connectivity index (χ0) is 30.3. The smallest absolute Gasteiger partial charge is 0.244 e. The molecule has 0 saturated carbocycles. The molecule has 0 saturated heterocycles. The molecule has 0 aliphatic carbocycles. The highest BCUT2D eigenvalue weighted by molar-refractivity contribution is 4.76. The molecule has 2 atom stereocenters. The highest BCUT2D eigenvalue weighted by atomic mass is 16.6. The molecule has 2 N–H and O–H groups in total. The lowest BCUT2D eigenvalue weighted by atomic mass is 9.90. The molecule has 240 valence electrons. The predicted molar refractivity (Wildman–Crippen MR) is 167 cm³/mol. The van der Waals surface area contributed by atoms with E-state index in [9.17, 15) is 25.3 Å². The summed E-state index contributed by atoms with van der Waals surface area (Å²) in [6, 6.07) is -0.751. The van der Waals surface area contributed by atoms with Crippen molar-refractivity contribution in [3.05, 3.63) is 20.2 Å². The maximum absolute atomic E-state index is 11.1. The Morgan fingerprint density at radius 1 is 0.575 bits per heavy atom. The minimum atomic E-state index is -1.10. The van der Waals surface area contributed by atoms with Gasteiger partial charge in [0.25, 0.3) is 0 Å². The second-order valence-corrected chi connectivity index (χ2v) is 11.7. The van der Waals surface area contributed by atoms with Crippen LogP contribution in [-0.4, -0.2) is 44.9 Å². The lowest BCUT2D eigenvalue weighted by Crippen LogP contribution is -2.41. The van der Waals surface area contributed by atoms with Crippen LogP contribution in [0.5, 0.6) is 0 Å². The summed E-state index contributed by atoms with van der Waals surface area (Å²) in [5.41, 5.74) is -1.10. The number of unbranched alkanes of at least 4 members (excludes halogenated alkanes) is 20. The summed E-state index contributed by atoms with van der Waals surface area (Å²) < 4.78 is 0. The molecule has 0 rings (SSSR count). The number of nitrogens with zero attached hydrogens (tertiary/aromatic N) is 2. The van der Waals surface area contributed by atoms with Crippen LogP contribution in [0.2, 0.25) is 0 Å². The van der Waals surface area contributed by atoms with E-state index in [1.54, 1.807) is 6.92 Å². The summed E-state index contributed by atoms with van der Waals surface area (Å²) >= 11 is 0. The highest BCUT2D eigenvalue weighted by Crippen LogP contribution is 2.23. The molecule has 0 fully saturated rings. The second kappa shape index (κ2) is 30.7. The Kier molecular flexibility index (Phi) is 31.3. The minimum Gasteiger partial charge on any atom is -0.389 e. The first kappa shape index (κ1) is 40.9. The molecule has 0 heterocycles. The number of hydrogen-bond donors (Lipinski definition) is 2. The maximum Gasteiger partial charge on any atom is 0.244 e. The Balaban J connectivity index is 0. The van der Waals surface area contributed by atoms with Gasteiger partial charge < -0.3 is 10.2 Å². The lowest BCUT2D eigenvalue weighted by molar-refractivity contribution is -0.575. The molecular weight excluding hydrogens is 508 g/mol. The molecule has 0 aliphatic heterocycles. The summed E-state index contributed by atoms with van der Waals surface area (Å²) in [6.45, 7) is 5.60. The SMILES string of the molecule is CCCCCCCCCCCCC(CO)[N+](=O)[O-].CCCCCCCCCCCCCCC(CC)(CO)[N+](=O)[O-]. The van der Waals surface area contributed by atoms with Gasteiger partial charge in [-0.2, -0.15) is 0 Å². The van der Waals surface area contributed by atoms with E-state index >= 15 is 0 Å². The molecule has 2 unspecified atom stereocenters. The molecule has 8 nitrogen and oxygen atoms in total. The third kappa shape index (κ3) is 24.5. The fourth-order valence-corrected chi connectivity index (χ4v) is 5.07. The van der Waals surface area contributed by atoms with Gasteiger partial charge in [-0.1, -0.05) is 149 Å². The van der Waals surface area contributed by atoms with E-state index in [0.29, 0.717) is 19.3 Å². The van der Waals surface area contributed by atoms with E-state index < -0.39 is 11.6 Å². The van der Waals surface area contributed by atoms with E-state index in [1.807, 2.05) is 0 Å². The summed E-state index contributed by atoms with van der Waals surface area (Å²) in [5, 5.41) is 39.6. The van der Waals surface area contributed by atoms with Gasteiger partial charge in [-0.25, -0.2) is 0 Å². The Morgan fingerprint density at radius 2 is 0.925 bits per heavy atom. The van der Waals surface area contributed by atoms with E-state index in [4.69, 9.17) is 5.11 Å². The molecule has 0 bridgehead atoms. The van der Waals surface area contributed by atoms with Crippen LogP contribution in [0.25, 0.3) is 0 Å². The average Bonchev–Trinajstić information content (AvgIpc) is 2.94. The van der Waals surface area contributed by atoms with Gasteiger partial charge in [-0.15, -0.1) is 0 Å². The standard InChI is InChI=1S/C18H37NO3.C14H29NO3/c1-3-5-6-7-8-9-10-11-12-13-14-15-16-18(4-2,17-20)19(21)22;1-2-3-4-5-6-7-8-9-10-11-12-14(13-16)15(17)18/h20H,3-17H2,1-2H3;14,16H,2-13H2,1H3. The first-order valence-electron chi connectivity index (χ1n) is 16.8. The van der Waals surface area contributed by atoms with Crippen molar-refractivity contribution >= 4 is 0 Å². The summed E-state index contributed by atoms with van der Waals surface area (Å²) in [4.78, 5) is 20.9. The van der Waals surface area contributed by atoms with Crippen LogP contribution in [0.3, 0.4) is 0 Å². The van der Waals surface area contributed by atoms with Gasteiger partial charge in [0.05, 0.1) is 0 Å². The van der Waals surface area contributed by atoms with Crippen molar-refractivity contribution in [3.8, 4) is 0 Å². The number of rotatable bonds is 29. The lowest BCUT2D eigenvalue weighted by Gasteiger charge is -2.21. The van der Waals surface area contributed by atoms with E-state index in [1.165, 1.54) is 116 Å². The van der Waals surface area contributed by atoms with Crippen molar-refractivity contribution in [3.63, 3.8) is 0 Å². The first-order chi connectivity index (χ1) is 19.3. The zero-order valence-corrected chi connectivity index (χ0v) is 26.6. The summed E-state index contributed by atoms with van der Waals surface area (Å²) in [7, 11) is 0. The van der Waals surface area contributed by atoms with Gasteiger partial charge in [0, 0.05) is 29.1 Å². The molecule has 0 aliphatic rings. The Labute approximate surface area is 246 Å². The predicted octanol–water partition coefficient (Wildman–Crippen LogP) is 9.43. The van der Waals surface area contributed by atoms with Gasteiger partial charge in [0.1, 0.15) is 13.2 Å². The Hall–Kier alpha value is -1.28. The van der Waals surface area contributed by atoms with Crippen LogP contribution in [0.4, 0.5) is 0 Å². The molecular formula is C32H66N2O6. The van der Waals surface area contributed by atoms with E-state index in [-0.39, 0.29) is 23.1 Å². The maximum atomic E-state index is 11.1. The minimum absolute atomic E-state index is 0.286. The van der Waals surface area contributed by atoms with Gasteiger partial charge in [-0.3, -0.25) is 20.2 Å². The largest absolute Gasteiger partial charge is 0.389 e. The van der Waals surface area contributed by atoms with Crippen LogP contribution < -0.4 is 0 Å². The fourth-order valence-electron chi connectivity index (χ4n) is 5.07. The quantitative estimate of drug-likeness (QED) is 0.0520. The molecule has 0 radical (unpaired) electrons. The average molecular weight is 575 g/mol. The molecule has 0 spiro atoms.